The molecule has 0 saturated carbocycles. The molecule has 1 heterocycles. The highest BCUT2D eigenvalue weighted by Crippen LogP contribution is 2.33. The number of halogens is 1. The molecule has 2 aromatic carbocycles. The van der Waals surface area contributed by atoms with Crippen LogP contribution in [0, 0.1) is 15.9 Å². The van der Waals surface area contributed by atoms with Crippen LogP contribution in [-0.4, -0.2) is 46.0 Å². The van der Waals surface area contributed by atoms with Crippen LogP contribution in [0.25, 0.3) is 11.4 Å². The van der Waals surface area contributed by atoms with E-state index in [2.05, 4.69) is 54.4 Å². The van der Waals surface area contributed by atoms with Gasteiger partial charge in [0.15, 0.2) is 11.5 Å². The predicted molar refractivity (Wildman–Crippen MR) is 119 cm³/mol. The summed E-state index contributed by atoms with van der Waals surface area (Å²) in [4.78, 5) is 13.3. The second-order valence-electron chi connectivity index (χ2n) is 5.83. The first-order chi connectivity index (χ1) is 14.6. The first kappa shape index (κ1) is 21.3. The average molecular weight is 516 g/mol. The number of ether oxygens (including phenoxy) is 2. The third kappa shape index (κ3) is 5.54. The molecule has 30 heavy (non-hydrogen) atoms. The molecular formula is C20H17IN6O3. The van der Waals surface area contributed by atoms with Crippen LogP contribution in [0.15, 0.2) is 47.6 Å². The lowest BCUT2D eigenvalue weighted by Crippen LogP contribution is -2.24. The van der Waals surface area contributed by atoms with Crippen molar-refractivity contribution in [1.82, 2.24) is 25.6 Å². The summed E-state index contributed by atoms with van der Waals surface area (Å²) in [7, 11) is 1.53. The van der Waals surface area contributed by atoms with Crippen LogP contribution in [-0.2, 0) is 11.3 Å². The zero-order valence-corrected chi connectivity index (χ0v) is 18.1. The molecule has 0 aliphatic heterocycles. The van der Waals surface area contributed by atoms with Gasteiger partial charge in [0.25, 0.3) is 5.91 Å². The Labute approximate surface area is 186 Å². The number of terminal acetylenes is 1. The number of benzene rings is 2. The standard InChI is InChI=1S/C20H17IN6O3/c1-3-9-30-19-16(21)10-14(11-17(19)29-2)12-22-23-18(28)13-27-25-20(24-26-27)15-7-5-4-6-8-15/h1,4-8,10-12H,9,13H2,2H3,(H,23,28)/b22-12+. The number of hydrazone groups is 1. The van der Waals surface area contributed by atoms with Crippen molar-refractivity contribution in [3.8, 4) is 35.2 Å². The SMILES string of the molecule is C#CCOc1c(I)cc(/C=N/NC(=O)Cn2nnc(-c3ccccc3)n2)cc1OC. The van der Waals surface area contributed by atoms with Gasteiger partial charge in [-0.1, -0.05) is 36.3 Å². The largest absolute Gasteiger partial charge is 0.493 e. The molecule has 1 amide bonds. The van der Waals surface area contributed by atoms with Crippen LogP contribution < -0.4 is 14.9 Å². The van der Waals surface area contributed by atoms with E-state index in [1.54, 1.807) is 6.07 Å². The average Bonchev–Trinajstić information content (AvgIpc) is 3.21. The number of carbonyl (C=O) groups is 1. The second kappa shape index (κ2) is 10.4. The molecule has 0 bridgehead atoms. The zero-order chi connectivity index (χ0) is 21.3. The molecule has 0 spiro atoms. The number of hydrogen-bond acceptors (Lipinski definition) is 7. The van der Waals surface area contributed by atoms with Crippen LogP contribution in [0.2, 0.25) is 0 Å². The number of rotatable bonds is 8. The minimum Gasteiger partial charge on any atom is -0.493 e. The zero-order valence-electron chi connectivity index (χ0n) is 15.9. The highest BCUT2D eigenvalue weighted by Gasteiger charge is 2.11. The third-order valence-corrected chi connectivity index (χ3v) is 4.53. The number of hydrogen-bond donors (Lipinski definition) is 1. The van der Waals surface area contributed by atoms with Gasteiger partial charge < -0.3 is 9.47 Å². The van der Waals surface area contributed by atoms with Crippen LogP contribution in [0.3, 0.4) is 0 Å². The number of carbonyl (C=O) groups excluding carboxylic acids is 1. The van der Waals surface area contributed by atoms with E-state index in [1.807, 2.05) is 36.4 Å². The first-order valence-corrected chi connectivity index (χ1v) is 9.77. The van der Waals surface area contributed by atoms with Crippen LogP contribution >= 0.6 is 22.6 Å². The monoisotopic (exact) mass is 516 g/mol. The molecule has 0 unspecified atom stereocenters. The summed E-state index contributed by atoms with van der Waals surface area (Å²) >= 11 is 2.11. The topological polar surface area (TPSA) is 104 Å². The van der Waals surface area contributed by atoms with E-state index in [-0.39, 0.29) is 19.1 Å². The predicted octanol–water partition coefficient (Wildman–Crippen LogP) is 2.12. The fourth-order valence-corrected chi connectivity index (χ4v) is 3.20. The van der Waals surface area contributed by atoms with Crippen molar-refractivity contribution < 1.29 is 14.3 Å². The van der Waals surface area contributed by atoms with Gasteiger partial charge in [-0.25, -0.2) is 5.43 Å². The van der Waals surface area contributed by atoms with E-state index in [9.17, 15) is 4.79 Å². The van der Waals surface area contributed by atoms with E-state index in [4.69, 9.17) is 15.9 Å². The Hall–Kier alpha value is -3.46. The molecule has 0 fully saturated rings. The van der Waals surface area contributed by atoms with Crippen molar-refractivity contribution in [2.24, 2.45) is 5.10 Å². The van der Waals surface area contributed by atoms with Gasteiger partial charge in [0, 0.05) is 5.56 Å². The Morgan fingerprint density at radius 3 is 2.90 bits per heavy atom. The molecular weight excluding hydrogens is 499 g/mol. The molecule has 1 aromatic heterocycles. The molecule has 152 valence electrons. The first-order valence-electron chi connectivity index (χ1n) is 8.69. The van der Waals surface area contributed by atoms with Gasteiger partial charge in [0.2, 0.25) is 5.82 Å². The smallest absolute Gasteiger partial charge is 0.263 e. The lowest BCUT2D eigenvalue weighted by Gasteiger charge is -2.11. The lowest BCUT2D eigenvalue weighted by atomic mass is 10.2. The molecule has 1 N–H and O–H groups in total. The van der Waals surface area contributed by atoms with E-state index >= 15 is 0 Å². The third-order valence-electron chi connectivity index (χ3n) is 3.72. The Morgan fingerprint density at radius 1 is 1.37 bits per heavy atom. The fourth-order valence-electron chi connectivity index (χ4n) is 2.42. The Kier molecular flexibility index (Phi) is 7.34. The van der Waals surface area contributed by atoms with Gasteiger partial charge in [0.1, 0.15) is 13.2 Å². The van der Waals surface area contributed by atoms with E-state index in [0.29, 0.717) is 17.3 Å². The Bertz CT molecular complexity index is 1090. The van der Waals surface area contributed by atoms with Crippen LogP contribution in [0.5, 0.6) is 11.5 Å². The highest BCUT2D eigenvalue weighted by atomic mass is 127. The highest BCUT2D eigenvalue weighted by molar-refractivity contribution is 14.1. The van der Waals surface area contributed by atoms with E-state index in [1.165, 1.54) is 18.1 Å². The van der Waals surface area contributed by atoms with Gasteiger partial charge in [-0.15, -0.1) is 16.6 Å². The number of methoxy groups -OCH3 is 1. The van der Waals surface area contributed by atoms with Crippen molar-refractivity contribution >= 4 is 34.7 Å². The number of amides is 1. The van der Waals surface area contributed by atoms with Gasteiger partial charge in [-0.3, -0.25) is 4.79 Å². The molecule has 9 nitrogen and oxygen atoms in total. The molecule has 0 atom stereocenters. The van der Waals surface area contributed by atoms with Crippen molar-refractivity contribution in [3.05, 3.63) is 51.6 Å². The normalized spacial score (nSPS) is 10.6. The summed E-state index contributed by atoms with van der Waals surface area (Å²) in [6.07, 6.45) is 6.73. The molecule has 0 saturated heterocycles. The molecule has 3 aromatic rings. The van der Waals surface area contributed by atoms with Crippen molar-refractivity contribution in [3.63, 3.8) is 0 Å². The maximum absolute atomic E-state index is 12.1. The molecule has 0 aliphatic rings. The summed E-state index contributed by atoms with van der Waals surface area (Å²) in [5.74, 6) is 3.55. The summed E-state index contributed by atoms with van der Waals surface area (Å²) < 4.78 is 11.6. The van der Waals surface area contributed by atoms with E-state index in [0.717, 1.165) is 14.7 Å². The number of tetrazole rings is 1. The summed E-state index contributed by atoms with van der Waals surface area (Å²) in [5.41, 5.74) is 3.97. The van der Waals surface area contributed by atoms with Gasteiger partial charge in [0.05, 0.1) is 16.9 Å². The van der Waals surface area contributed by atoms with E-state index < -0.39 is 0 Å². The number of nitrogens with zero attached hydrogens (tertiary/aromatic N) is 5. The van der Waals surface area contributed by atoms with Crippen molar-refractivity contribution in [2.75, 3.05) is 13.7 Å². The number of aromatic nitrogens is 4. The Morgan fingerprint density at radius 2 is 2.17 bits per heavy atom. The minimum absolute atomic E-state index is 0.114. The fraction of sp³-hybridized carbons (Fsp3) is 0.150. The van der Waals surface area contributed by atoms with Crippen LogP contribution in [0.1, 0.15) is 5.56 Å². The molecule has 0 radical (unpaired) electrons. The summed E-state index contributed by atoms with van der Waals surface area (Å²) in [5, 5.41) is 16.0. The molecule has 3 rings (SSSR count). The van der Waals surface area contributed by atoms with Crippen molar-refractivity contribution in [1.29, 1.82) is 0 Å². The van der Waals surface area contributed by atoms with Gasteiger partial charge in [-0.05, 0) is 45.5 Å². The lowest BCUT2D eigenvalue weighted by molar-refractivity contribution is -0.122. The minimum atomic E-state index is -0.390. The van der Waals surface area contributed by atoms with Gasteiger partial charge in [-0.2, -0.15) is 9.90 Å². The molecule has 0 aliphatic carbocycles. The Balaban J connectivity index is 1.60. The maximum Gasteiger partial charge on any atom is 0.263 e. The number of nitrogens with one attached hydrogen (secondary N) is 1. The maximum atomic E-state index is 12.1. The van der Waals surface area contributed by atoms with Crippen molar-refractivity contribution in [2.45, 2.75) is 6.54 Å². The molecule has 10 heteroatoms. The second-order valence-corrected chi connectivity index (χ2v) is 6.99. The quantitative estimate of drug-likeness (QED) is 0.213. The van der Waals surface area contributed by atoms with Gasteiger partial charge >= 0.3 is 0 Å². The van der Waals surface area contributed by atoms with Crippen LogP contribution in [0.4, 0.5) is 0 Å². The summed E-state index contributed by atoms with van der Waals surface area (Å²) in [6, 6.07) is 12.9. The summed E-state index contributed by atoms with van der Waals surface area (Å²) in [6.45, 7) is 0.0229.